The van der Waals surface area contributed by atoms with E-state index in [0.29, 0.717) is 0 Å². The van der Waals surface area contributed by atoms with E-state index in [2.05, 4.69) is 135 Å². The summed E-state index contributed by atoms with van der Waals surface area (Å²) in [6.07, 6.45) is 0. The summed E-state index contributed by atoms with van der Waals surface area (Å²) in [5.74, 6) is 0. The first-order valence-electron chi connectivity index (χ1n) is 13.1. The molecule has 0 amide bonds. The molecule has 6 aromatic carbocycles. The lowest BCUT2D eigenvalue weighted by Crippen LogP contribution is -2.15. The lowest BCUT2D eigenvalue weighted by atomic mass is 9.79. The molecule has 0 fully saturated rings. The topological polar surface area (TPSA) is 4.93 Å². The van der Waals surface area contributed by atoms with Gasteiger partial charge in [-0.1, -0.05) is 104 Å². The molecule has 1 aromatic heterocycles. The fourth-order valence-corrected chi connectivity index (χ4v) is 6.94. The van der Waals surface area contributed by atoms with Gasteiger partial charge in [-0.25, -0.2) is 0 Å². The maximum Gasteiger partial charge on any atom is 0.0547 e. The zero-order valence-corrected chi connectivity index (χ0v) is 21.3. The number of hydrogen-bond donors (Lipinski definition) is 0. The summed E-state index contributed by atoms with van der Waals surface area (Å²) in [7, 11) is 0. The second-order valence-electron chi connectivity index (χ2n) is 11.1. The van der Waals surface area contributed by atoms with E-state index in [4.69, 9.17) is 0 Å². The third-order valence-corrected chi connectivity index (χ3v) is 8.62. The second kappa shape index (κ2) is 7.11. The quantitative estimate of drug-likeness (QED) is 0.209. The van der Waals surface area contributed by atoms with Crippen LogP contribution in [0.4, 0.5) is 0 Å². The van der Waals surface area contributed by atoms with Crippen molar-refractivity contribution in [3.63, 3.8) is 0 Å². The number of hydrogen-bond acceptors (Lipinski definition) is 0. The number of aryl methyl sites for hydroxylation is 1. The predicted octanol–water partition coefficient (Wildman–Crippen LogP) is 9.70. The average molecular weight is 474 g/mol. The van der Waals surface area contributed by atoms with Crippen molar-refractivity contribution in [1.29, 1.82) is 0 Å². The van der Waals surface area contributed by atoms with Crippen LogP contribution in [0.3, 0.4) is 0 Å². The molecule has 0 bridgehead atoms. The first-order chi connectivity index (χ1) is 18.0. The highest BCUT2D eigenvalue weighted by atomic mass is 15.0. The van der Waals surface area contributed by atoms with Crippen LogP contribution in [-0.2, 0) is 5.41 Å². The molecule has 1 heteroatoms. The molecule has 0 aliphatic heterocycles. The van der Waals surface area contributed by atoms with Crippen molar-refractivity contribution in [2.45, 2.75) is 26.2 Å². The lowest BCUT2D eigenvalue weighted by molar-refractivity contribution is 0.666. The smallest absolute Gasteiger partial charge is 0.0547 e. The van der Waals surface area contributed by atoms with Crippen LogP contribution in [0.15, 0.2) is 109 Å². The van der Waals surface area contributed by atoms with Gasteiger partial charge in [-0.2, -0.15) is 0 Å². The van der Waals surface area contributed by atoms with Gasteiger partial charge < -0.3 is 4.57 Å². The molecule has 0 unspecified atom stereocenters. The Balaban J connectivity index is 1.54. The van der Waals surface area contributed by atoms with E-state index >= 15 is 0 Å². The van der Waals surface area contributed by atoms with Crippen LogP contribution in [0, 0.1) is 6.92 Å². The molecule has 1 aliphatic rings. The van der Waals surface area contributed by atoms with Crippen LogP contribution < -0.4 is 0 Å². The normalized spacial score (nSPS) is 14.0. The summed E-state index contributed by atoms with van der Waals surface area (Å²) in [4.78, 5) is 0. The van der Waals surface area contributed by atoms with Crippen LogP contribution in [-0.4, -0.2) is 4.57 Å². The van der Waals surface area contributed by atoms with Crippen molar-refractivity contribution >= 4 is 43.4 Å². The Bertz CT molecular complexity index is 2050. The zero-order valence-electron chi connectivity index (χ0n) is 21.3. The van der Waals surface area contributed by atoms with E-state index in [1.807, 2.05) is 0 Å². The first kappa shape index (κ1) is 20.8. The molecule has 0 atom stereocenters. The zero-order chi connectivity index (χ0) is 24.9. The van der Waals surface area contributed by atoms with E-state index < -0.39 is 0 Å². The van der Waals surface area contributed by atoms with E-state index in [1.54, 1.807) is 0 Å². The van der Waals surface area contributed by atoms with Crippen molar-refractivity contribution in [1.82, 2.24) is 4.57 Å². The molecule has 1 heterocycles. The molecule has 0 N–H and O–H groups in total. The first-order valence-corrected chi connectivity index (χ1v) is 13.1. The van der Waals surface area contributed by atoms with Gasteiger partial charge in [0.2, 0.25) is 0 Å². The molecule has 0 radical (unpaired) electrons. The lowest BCUT2D eigenvalue weighted by Gasteiger charge is -2.24. The van der Waals surface area contributed by atoms with Crippen molar-refractivity contribution in [3.05, 3.63) is 126 Å². The average Bonchev–Trinajstić information content (AvgIpc) is 3.38. The van der Waals surface area contributed by atoms with Crippen LogP contribution in [0.25, 0.3) is 60.2 Å². The standard InChI is InChI=1S/C36H27N/c1-22-12-16-24(17-13-22)37-31-11-7-5-9-29(31)34-27-18-14-23-15-19-28-25-8-4-6-10-30(25)36(2,3)35(28)33(23)26(27)20-21-32(34)37/h4-21H,1-3H3. The molecule has 1 aliphatic carbocycles. The highest BCUT2D eigenvalue weighted by Gasteiger charge is 2.37. The Morgan fingerprint density at radius 3 is 2.11 bits per heavy atom. The van der Waals surface area contributed by atoms with Crippen LogP contribution in [0.5, 0.6) is 0 Å². The Morgan fingerprint density at radius 1 is 0.541 bits per heavy atom. The highest BCUT2D eigenvalue weighted by Crippen LogP contribution is 2.52. The maximum absolute atomic E-state index is 2.42. The van der Waals surface area contributed by atoms with Crippen molar-refractivity contribution < 1.29 is 0 Å². The minimum atomic E-state index is -0.0510. The number of benzene rings is 6. The minimum Gasteiger partial charge on any atom is -0.309 e. The van der Waals surface area contributed by atoms with E-state index in [0.717, 1.165) is 0 Å². The largest absolute Gasteiger partial charge is 0.309 e. The van der Waals surface area contributed by atoms with Crippen LogP contribution in [0.1, 0.15) is 30.5 Å². The monoisotopic (exact) mass is 473 g/mol. The van der Waals surface area contributed by atoms with E-state index in [1.165, 1.54) is 76.9 Å². The van der Waals surface area contributed by atoms with Gasteiger partial charge in [0.15, 0.2) is 0 Å². The predicted molar refractivity (Wildman–Crippen MR) is 158 cm³/mol. The number of aromatic nitrogens is 1. The summed E-state index contributed by atoms with van der Waals surface area (Å²) in [6.45, 7) is 6.92. The summed E-state index contributed by atoms with van der Waals surface area (Å²) in [6, 6.07) is 40.7. The molecule has 37 heavy (non-hydrogen) atoms. The van der Waals surface area contributed by atoms with E-state index in [-0.39, 0.29) is 5.41 Å². The Hall–Kier alpha value is -4.36. The summed E-state index contributed by atoms with van der Waals surface area (Å²) in [5.41, 5.74) is 10.6. The molecule has 7 aromatic rings. The molecule has 1 nitrogen and oxygen atoms in total. The fourth-order valence-electron chi connectivity index (χ4n) is 6.94. The van der Waals surface area contributed by atoms with Gasteiger partial charge in [-0.05, 0) is 75.0 Å². The molecule has 8 rings (SSSR count). The second-order valence-corrected chi connectivity index (χ2v) is 11.1. The molecule has 176 valence electrons. The highest BCUT2D eigenvalue weighted by molar-refractivity contribution is 6.26. The van der Waals surface area contributed by atoms with Gasteiger partial charge in [0.25, 0.3) is 0 Å². The van der Waals surface area contributed by atoms with Gasteiger partial charge in [0.1, 0.15) is 0 Å². The maximum atomic E-state index is 2.42. The van der Waals surface area contributed by atoms with Gasteiger partial charge >= 0.3 is 0 Å². The fraction of sp³-hybridized carbons (Fsp3) is 0.111. The molecule has 0 saturated carbocycles. The van der Waals surface area contributed by atoms with Crippen LogP contribution in [0.2, 0.25) is 0 Å². The van der Waals surface area contributed by atoms with Gasteiger partial charge in [0.05, 0.1) is 11.0 Å². The Kier molecular flexibility index (Phi) is 4.00. The number of fused-ring (bicyclic) bond motifs is 11. The van der Waals surface area contributed by atoms with Crippen molar-refractivity contribution in [2.75, 3.05) is 0 Å². The van der Waals surface area contributed by atoms with E-state index in [9.17, 15) is 0 Å². The van der Waals surface area contributed by atoms with Gasteiger partial charge in [-0.15, -0.1) is 0 Å². The Labute approximate surface area is 216 Å². The van der Waals surface area contributed by atoms with Crippen molar-refractivity contribution in [3.8, 4) is 16.8 Å². The van der Waals surface area contributed by atoms with Crippen molar-refractivity contribution in [2.24, 2.45) is 0 Å². The molecule has 0 saturated heterocycles. The summed E-state index contributed by atoms with van der Waals surface area (Å²) in [5, 5.41) is 8.01. The Morgan fingerprint density at radius 2 is 1.24 bits per heavy atom. The number of para-hydroxylation sites is 1. The summed E-state index contributed by atoms with van der Waals surface area (Å²) < 4.78 is 2.42. The summed E-state index contributed by atoms with van der Waals surface area (Å²) >= 11 is 0. The number of nitrogens with zero attached hydrogens (tertiary/aromatic N) is 1. The third kappa shape index (κ3) is 2.64. The number of rotatable bonds is 1. The van der Waals surface area contributed by atoms with Crippen LogP contribution >= 0.6 is 0 Å². The third-order valence-electron chi connectivity index (χ3n) is 8.62. The van der Waals surface area contributed by atoms with Gasteiger partial charge in [-0.3, -0.25) is 0 Å². The SMILES string of the molecule is Cc1ccc(-n2c3ccccc3c3c4ccc5ccc6c(c5c4ccc32)C(C)(C)c2ccccc2-6)cc1. The van der Waals surface area contributed by atoms with Gasteiger partial charge in [0, 0.05) is 21.9 Å². The minimum absolute atomic E-state index is 0.0510. The molecular weight excluding hydrogens is 446 g/mol. The molecular formula is C36H27N. The molecule has 0 spiro atoms.